The van der Waals surface area contributed by atoms with Crippen LogP contribution in [0.3, 0.4) is 0 Å². The smallest absolute Gasteiger partial charge is 0.325 e. The summed E-state index contributed by atoms with van der Waals surface area (Å²) in [7, 11) is -2.45. The quantitative estimate of drug-likeness (QED) is 0.450. The van der Waals surface area contributed by atoms with E-state index in [1.807, 2.05) is 20.8 Å². The average molecular weight is 552 g/mol. The normalized spacial score (nSPS) is 19.5. The number of aryl methyl sites for hydroxylation is 1. The molecule has 36 heavy (non-hydrogen) atoms. The Morgan fingerprint density at radius 1 is 1.14 bits per heavy atom. The van der Waals surface area contributed by atoms with Crippen molar-refractivity contribution in [2.75, 3.05) is 20.2 Å². The van der Waals surface area contributed by atoms with Gasteiger partial charge < -0.3 is 14.0 Å². The van der Waals surface area contributed by atoms with Crippen LogP contribution in [0.25, 0.3) is 10.2 Å². The van der Waals surface area contributed by atoms with Gasteiger partial charge >= 0.3 is 5.97 Å². The Labute approximate surface area is 218 Å². The minimum absolute atomic E-state index is 0.0910. The first-order chi connectivity index (χ1) is 17.0. The summed E-state index contributed by atoms with van der Waals surface area (Å²) in [6, 6.07) is 9.23. The number of carbonyl (C=O) groups excluding carboxylic acids is 2. The summed E-state index contributed by atoms with van der Waals surface area (Å²) in [5, 5.41) is 0.526. The molecule has 4 rings (SSSR count). The van der Waals surface area contributed by atoms with Crippen molar-refractivity contribution in [3.8, 4) is 0 Å². The first-order valence-electron chi connectivity index (χ1n) is 11.2. The molecule has 1 fully saturated rings. The molecular formula is C24H26ClN3O6S2. The molecule has 1 aliphatic rings. The van der Waals surface area contributed by atoms with Crippen molar-refractivity contribution in [2.24, 2.45) is 4.99 Å². The molecule has 2 atom stereocenters. The van der Waals surface area contributed by atoms with Crippen molar-refractivity contribution in [2.45, 2.75) is 44.4 Å². The monoisotopic (exact) mass is 551 g/mol. The van der Waals surface area contributed by atoms with E-state index in [1.165, 1.54) is 47.0 Å². The van der Waals surface area contributed by atoms with Gasteiger partial charge in [0.25, 0.3) is 5.91 Å². The lowest BCUT2D eigenvalue weighted by atomic mass is 10.2. The minimum atomic E-state index is -3.73. The van der Waals surface area contributed by atoms with Crippen LogP contribution >= 0.6 is 22.9 Å². The molecule has 0 aliphatic carbocycles. The van der Waals surface area contributed by atoms with Gasteiger partial charge in [-0.1, -0.05) is 22.9 Å². The van der Waals surface area contributed by atoms with Gasteiger partial charge in [-0.05, 0) is 62.7 Å². The summed E-state index contributed by atoms with van der Waals surface area (Å²) in [6.45, 7) is 5.87. The van der Waals surface area contributed by atoms with E-state index < -0.39 is 21.9 Å². The Morgan fingerprint density at radius 2 is 1.78 bits per heavy atom. The van der Waals surface area contributed by atoms with Gasteiger partial charge in [-0.25, -0.2) is 8.42 Å². The van der Waals surface area contributed by atoms with Crippen molar-refractivity contribution in [3.63, 3.8) is 0 Å². The first-order valence-corrected chi connectivity index (χ1v) is 13.8. The Kier molecular flexibility index (Phi) is 7.67. The fourth-order valence-electron chi connectivity index (χ4n) is 4.14. The topological polar surface area (TPSA) is 107 Å². The highest BCUT2D eigenvalue weighted by Crippen LogP contribution is 2.27. The number of carbonyl (C=O) groups is 2. The summed E-state index contributed by atoms with van der Waals surface area (Å²) < 4.78 is 40.4. The molecule has 1 amide bonds. The average Bonchev–Trinajstić information content (AvgIpc) is 3.18. The number of methoxy groups -OCH3 is 1. The number of halogens is 1. The first kappa shape index (κ1) is 26.5. The molecule has 1 aliphatic heterocycles. The number of ether oxygens (including phenoxy) is 2. The third-order valence-electron chi connectivity index (χ3n) is 5.87. The number of nitrogens with zero attached hydrogens (tertiary/aromatic N) is 3. The predicted octanol–water partition coefficient (Wildman–Crippen LogP) is 3.38. The number of benzene rings is 2. The van der Waals surface area contributed by atoms with Crippen LogP contribution in [0.2, 0.25) is 5.02 Å². The lowest BCUT2D eigenvalue weighted by molar-refractivity contribution is -0.141. The van der Waals surface area contributed by atoms with Gasteiger partial charge in [0.15, 0.2) is 4.80 Å². The molecule has 0 saturated carbocycles. The van der Waals surface area contributed by atoms with Crippen molar-refractivity contribution < 1.29 is 27.5 Å². The van der Waals surface area contributed by atoms with E-state index in [1.54, 1.807) is 16.7 Å². The molecule has 12 heteroatoms. The van der Waals surface area contributed by atoms with E-state index in [0.29, 0.717) is 15.3 Å². The van der Waals surface area contributed by atoms with Crippen LogP contribution in [0, 0.1) is 6.92 Å². The SMILES string of the molecule is COC(=O)Cn1c(=NC(=O)c2ccc(S(=O)(=O)N3CC(C)OC(C)C3)cc2)sc2ccc(Cl)c(C)c21. The number of fused-ring (bicyclic) bond motifs is 1. The molecular weight excluding hydrogens is 526 g/mol. The van der Waals surface area contributed by atoms with Crippen LogP contribution in [0.15, 0.2) is 46.3 Å². The van der Waals surface area contributed by atoms with Crippen LogP contribution in [0.1, 0.15) is 29.8 Å². The maximum absolute atomic E-state index is 13.1. The number of hydrogen-bond donors (Lipinski definition) is 0. The number of hydrogen-bond acceptors (Lipinski definition) is 7. The molecule has 3 aromatic rings. The van der Waals surface area contributed by atoms with E-state index in [4.69, 9.17) is 21.1 Å². The highest BCUT2D eigenvalue weighted by Gasteiger charge is 2.32. The molecule has 2 unspecified atom stereocenters. The maximum Gasteiger partial charge on any atom is 0.325 e. The summed E-state index contributed by atoms with van der Waals surface area (Å²) in [5.74, 6) is -1.06. The number of amides is 1. The number of aromatic nitrogens is 1. The number of rotatable bonds is 5. The number of morpholine rings is 1. The maximum atomic E-state index is 13.1. The molecule has 9 nitrogen and oxygen atoms in total. The summed E-state index contributed by atoms with van der Waals surface area (Å²) in [6.07, 6.45) is -0.417. The molecule has 0 radical (unpaired) electrons. The van der Waals surface area contributed by atoms with E-state index in [-0.39, 0.29) is 42.3 Å². The minimum Gasteiger partial charge on any atom is -0.468 e. The standard InChI is InChI=1S/C24H26ClN3O6S2/c1-14-11-27(12-15(2)34-14)36(31,32)18-7-5-17(6-8-18)23(30)26-24-28(13-21(29)33-4)22-16(3)19(25)9-10-20(22)35-24/h5-10,14-15H,11-13H2,1-4H3. The van der Waals surface area contributed by atoms with Gasteiger partial charge in [-0.3, -0.25) is 9.59 Å². The number of thiazole rings is 1. The van der Waals surface area contributed by atoms with Crippen molar-refractivity contribution in [1.29, 1.82) is 0 Å². The molecule has 192 valence electrons. The summed E-state index contributed by atoms with van der Waals surface area (Å²) in [5.41, 5.74) is 1.67. The second kappa shape index (κ2) is 10.4. The van der Waals surface area contributed by atoms with Gasteiger partial charge in [0.1, 0.15) is 6.54 Å². The van der Waals surface area contributed by atoms with E-state index in [0.717, 1.165) is 10.3 Å². The van der Waals surface area contributed by atoms with Crippen molar-refractivity contribution >= 4 is 55.1 Å². The Balaban J connectivity index is 1.68. The largest absolute Gasteiger partial charge is 0.468 e. The molecule has 0 spiro atoms. The van der Waals surface area contributed by atoms with E-state index >= 15 is 0 Å². The van der Waals surface area contributed by atoms with Crippen LogP contribution in [0.4, 0.5) is 0 Å². The van der Waals surface area contributed by atoms with Gasteiger partial charge in [0, 0.05) is 23.7 Å². The zero-order valence-electron chi connectivity index (χ0n) is 20.2. The van der Waals surface area contributed by atoms with Crippen LogP contribution in [-0.4, -0.2) is 61.6 Å². The van der Waals surface area contributed by atoms with Gasteiger partial charge in [0.2, 0.25) is 10.0 Å². The zero-order chi connectivity index (χ0) is 26.2. The molecule has 1 aromatic heterocycles. The summed E-state index contributed by atoms with van der Waals surface area (Å²) in [4.78, 5) is 29.7. The van der Waals surface area contributed by atoms with Gasteiger partial charge in [-0.2, -0.15) is 9.30 Å². The fraction of sp³-hybridized carbons (Fsp3) is 0.375. The Morgan fingerprint density at radius 3 is 2.39 bits per heavy atom. The van der Waals surface area contributed by atoms with E-state index in [2.05, 4.69) is 4.99 Å². The van der Waals surface area contributed by atoms with Crippen molar-refractivity contribution in [3.05, 3.63) is 57.3 Å². The Hall–Kier alpha value is -2.57. The third kappa shape index (κ3) is 5.25. The zero-order valence-corrected chi connectivity index (χ0v) is 22.6. The fourth-order valence-corrected chi connectivity index (χ4v) is 6.97. The number of esters is 1. The molecule has 1 saturated heterocycles. The third-order valence-corrected chi connectivity index (χ3v) is 9.17. The molecule has 0 bridgehead atoms. The lowest BCUT2D eigenvalue weighted by Gasteiger charge is -2.34. The van der Waals surface area contributed by atoms with Crippen LogP contribution in [-0.2, 0) is 30.8 Å². The molecule has 2 heterocycles. The Bertz CT molecular complexity index is 1480. The summed E-state index contributed by atoms with van der Waals surface area (Å²) >= 11 is 7.53. The van der Waals surface area contributed by atoms with Gasteiger partial charge in [-0.15, -0.1) is 0 Å². The van der Waals surface area contributed by atoms with E-state index in [9.17, 15) is 18.0 Å². The highest BCUT2D eigenvalue weighted by atomic mass is 35.5. The highest BCUT2D eigenvalue weighted by molar-refractivity contribution is 7.89. The second-order valence-corrected chi connectivity index (χ2v) is 11.9. The van der Waals surface area contributed by atoms with Crippen molar-refractivity contribution in [1.82, 2.24) is 8.87 Å². The molecule has 0 N–H and O–H groups in total. The predicted molar refractivity (Wildman–Crippen MR) is 137 cm³/mol. The second-order valence-electron chi connectivity index (χ2n) is 8.59. The van der Waals surface area contributed by atoms with Gasteiger partial charge in [0.05, 0.1) is 34.4 Å². The molecule has 2 aromatic carbocycles. The lowest BCUT2D eigenvalue weighted by Crippen LogP contribution is -2.48. The number of sulfonamides is 1. The van der Waals surface area contributed by atoms with Crippen LogP contribution < -0.4 is 4.80 Å². The van der Waals surface area contributed by atoms with Crippen LogP contribution in [0.5, 0.6) is 0 Å².